The number of rotatable bonds is 3. The van der Waals surface area contributed by atoms with E-state index in [-0.39, 0.29) is 11.6 Å². The third-order valence-electron chi connectivity index (χ3n) is 4.28. The van der Waals surface area contributed by atoms with Gasteiger partial charge in [-0.2, -0.15) is 5.26 Å². The van der Waals surface area contributed by atoms with Gasteiger partial charge in [-0.25, -0.2) is 4.39 Å². The zero-order valence-electron chi connectivity index (χ0n) is 13.9. The molecule has 3 rings (SSSR count). The van der Waals surface area contributed by atoms with E-state index in [1.165, 1.54) is 19.1 Å². The van der Waals surface area contributed by atoms with Crippen LogP contribution in [0, 0.1) is 17.1 Å². The van der Waals surface area contributed by atoms with Gasteiger partial charge in [0.2, 0.25) is 0 Å². The summed E-state index contributed by atoms with van der Waals surface area (Å²) in [5.74, 6) is -2.19. The van der Waals surface area contributed by atoms with Crippen molar-refractivity contribution in [3.8, 4) is 6.07 Å². The summed E-state index contributed by atoms with van der Waals surface area (Å²) in [6.45, 7) is 5.15. The molecule has 126 valence electrons. The number of esters is 1. The van der Waals surface area contributed by atoms with E-state index in [4.69, 9.17) is 9.47 Å². The van der Waals surface area contributed by atoms with Gasteiger partial charge in [0.05, 0.1) is 28.9 Å². The first-order valence-corrected chi connectivity index (χ1v) is 8.03. The number of benzene rings is 1. The number of ether oxygens (including phenoxy) is 2. The van der Waals surface area contributed by atoms with E-state index in [1.54, 1.807) is 0 Å². The van der Waals surface area contributed by atoms with Gasteiger partial charge in [0.15, 0.2) is 0 Å². The van der Waals surface area contributed by atoms with Crippen molar-refractivity contribution >= 4 is 16.9 Å². The summed E-state index contributed by atoms with van der Waals surface area (Å²) < 4.78 is 25.9. The first-order chi connectivity index (χ1) is 11.4. The van der Waals surface area contributed by atoms with E-state index < -0.39 is 17.6 Å². The Morgan fingerprint density at radius 2 is 2.33 bits per heavy atom. The number of hydrogen-bond donors (Lipinski definition) is 1. The monoisotopic (exact) mass is 330 g/mol. The molecule has 2 unspecified atom stereocenters. The minimum absolute atomic E-state index is 0.225. The number of aromatic amines is 1. The largest absolute Gasteiger partial charge is 0.427 e. The Bertz CT molecular complexity index is 852. The molecule has 0 spiro atoms. The van der Waals surface area contributed by atoms with Crippen LogP contribution >= 0.6 is 0 Å². The molecule has 0 amide bonds. The maximum absolute atomic E-state index is 14.3. The third kappa shape index (κ3) is 2.45. The maximum atomic E-state index is 14.3. The smallest absolute Gasteiger partial charge is 0.305 e. The van der Waals surface area contributed by atoms with Crippen LogP contribution < -0.4 is 0 Å². The van der Waals surface area contributed by atoms with Crippen molar-refractivity contribution in [2.75, 3.05) is 0 Å². The fourth-order valence-electron chi connectivity index (χ4n) is 3.55. The van der Waals surface area contributed by atoms with Gasteiger partial charge in [0.1, 0.15) is 5.82 Å². The van der Waals surface area contributed by atoms with Gasteiger partial charge in [-0.15, -0.1) is 0 Å². The topological polar surface area (TPSA) is 75.1 Å². The molecule has 1 N–H and O–H groups in total. The van der Waals surface area contributed by atoms with E-state index in [0.29, 0.717) is 35.9 Å². The number of nitrogens with one attached hydrogen (secondary N) is 1. The lowest BCUT2D eigenvalue weighted by atomic mass is 9.92. The molecular formula is C18H19FN2O3. The predicted octanol–water partition coefficient (Wildman–Crippen LogP) is 3.66. The molecule has 0 bridgehead atoms. The standard InChI is InChI=1S/C18H19FN2O3/c1-4-7-18(24-11(3)22)17-13(8-10(2)23-18)15-12(9-20)5-6-14(19)16(15)21-17/h5-6,10,21H,4,7-8H2,1-3H3. The third-order valence-corrected chi connectivity index (χ3v) is 4.28. The molecule has 1 aliphatic heterocycles. The van der Waals surface area contributed by atoms with Gasteiger partial charge in [-0.1, -0.05) is 6.92 Å². The average molecular weight is 330 g/mol. The fourth-order valence-corrected chi connectivity index (χ4v) is 3.55. The van der Waals surface area contributed by atoms with Crippen LogP contribution in [0.3, 0.4) is 0 Å². The molecule has 2 atom stereocenters. The average Bonchev–Trinajstić information content (AvgIpc) is 2.88. The summed E-state index contributed by atoms with van der Waals surface area (Å²) >= 11 is 0. The van der Waals surface area contributed by atoms with Crippen LogP contribution in [0.25, 0.3) is 10.9 Å². The van der Waals surface area contributed by atoms with Crippen LogP contribution in [0.1, 0.15) is 50.4 Å². The van der Waals surface area contributed by atoms with E-state index in [2.05, 4.69) is 11.1 Å². The molecule has 0 fully saturated rings. The molecule has 1 aromatic heterocycles. The molecule has 1 aromatic carbocycles. The summed E-state index contributed by atoms with van der Waals surface area (Å²) in [5.41, 5.74) is 1.97. The van der Waals surface area contributed by atoms with Gasteiger partial charge in [0.25, 0.3) is 5.79 Å². The lowest BCUT2D eigenvalue weighted by molar-refractivity contribution is -0.265. The minimum atomic E-state index is -1.27. The number of carbonyl (C=O) groups is 1. The molecule has 0 saturated carbocycles. The van der Waals surface area contributed by atoms with Gasteiger partial charge < -0.3 is 14.5 Å². The SMILES string of the molecule is CCCC1(OC(C)=O)OC(C)Cc2c1[nH]c1c(F)ccc(C#N)c21. The molecule has 2 aromatic rings. The van der Waals surface area contributed by atoms with Crippen molar-refractivity contribution in [3.63, 3.8) is 0 Å². The second kappa shape index (κ2) is 5.91. The number of fused-ring (bicyclic) bond motifs is 3. The highest BCUT2D eigenvalue weighted by Crippen LogP contribution is 2.44. The van der Waals surface area contributed by atoms with E-state index in [1.807, 2.05) is 13.8 Å². The summed E-state index contributed by atoms with van der Waals surface area (Å²) in [6, 6.07) is 4.85. The Morgan fingerprint density at radius 1 is 1.58 bits per heavy atom. The Hall–Kier alpha value is -2.39. The number of hydrogen-bond acceptors (Lipinski definition) is 4. The summed E-state index contributed by atoms with van der Waals surface area (Å²) in [4.78, 5) is 14.7. The zero-order chi connectivity index (χ0) is 17.5. The summed E-state index contributed by atoms with van der Waals surface area (Å²) in [7, 11) is 0. The van der Waals surface area contributed by atoms with Crippen molar-refractivity contribution in [2.45, 2.75) is 51.9 Å². The Labute approximate surface area is 139 Å². The Kier molecular flexibility index (Phi) is 4.06. The number of aromatic nitrogens is 1. The maximum Gasteiger partial charge on any atom is 0.305 e. The molecule has 0 aliphatic carbocycles. The Balaban J connectivity index is 2.34. The van der Waals surface area contributed by atoms with Crippen LogP contribution in [0.5, 0.6) is 0 Å². The first kappa shape index (κ1) is 16.5. The number of halogens is 1. The van der Waals surface area contributed by atoms with Crippen LogP contribution in [-0.2, 0) is 26.5 Å². The van der Waals surface area contributed by atoms with Crippen LogP contribution in [0.15, 0.2) is 12.1 Å². The molecule has 1 aliphatic rings. The predicted molar refractivity (Wildman–Crippen MR) is 85.6 cm³/mol. The summed E-state index contributed by atoms with van der Waals surface area (Å²) in [5, 5.41) is 9.94. The first-order valence-electron chi connectivity index (χ1n) is 8.03. The molecule has 0 radical (unpaired) electrons. The normalized spacial score (nSPS) is 22.9. The van der Waals surface area contributed by atoms with Gasteiger partial charge in [-0.05, 0) is 31.0 Å². The number of H-pyrrole nitrogens is 1. The van der Waals surface area contributed by atoms with Crippen molar-refractivity contribution in [2.24, 2.45) is 0 Å². The molecule has 5 nitrogen and oxygen atoms in total. The number of nitriles is 1. The molecule has 2 heterocycles. The highest BCUT2D eigenvalue weighted by molar-refractivity contribution is 5.91. The lowest BCUT2D eigenvalue weighted by Crippen LogP contribution is -2.42. The zero-order valence-corrected chi connectivity index (χ0v) is 13.9. The molecule has 6 heteroatoms. The number of nitrogens with zero attached hydrogens (tertiary/aromatic N) is 1. The highest BCUT2D eigenvalue weighted by atomic mass is 19.1. The van der Waals surface area contributed by atoms with E-state index in [9.17, 15) is 14.4 Å². The summed E-state index contributed by atoms with van der Waals surface area (Å²) in [6.07, 6.45) is 1.44. The second-order valence-corrected chi connectivity index (χ2v) is 6.16. The molecular weight excluding hydrogens is 311 g/mol. The van der Waals surface area contributed by atoms with Crippen LogP contribution in [-0.4, -0.2) is 17.1 Å². The minimum Gasteiger partial charge on any atom is -0.427 e. The van der Waals surface area contributed by atoms with Crippen LogP contribution in [0.2, 0.25) is 0 Å². The van der Waals surface area contributed by atoms with Gasteiger partial charge in [-0.3, -0.25) is 4.79 Å². The highest BCUT2D eigenvalue weighted by Gasteiger charge is 2.45. The van der Waals surface area contributed by atoms with Crippen molar-refractivity contribution in [1.82, 2.24) is 4.98 Å². The van der Waals surface area contributed by atoms with Crippen molar-refractivity contribution in [1.29, 1.82) is 5.26 Å². The van der Waals surface area contributed by atoms with Gasteiger partial charge in [0, 0.05) is 25.2 Å². The quantitative estimate of drug-likeness (QED) is 0.872. The van der Waals surface area contributed by atoms with E-state index >= 15 is 0 Å². The van der Waals surface area contributed by atoms with Gasteiger partial charge >= 0.3 is 5.97 Å². The van der Waals surface area contributed by atoms with Crippen molar-refractivity contribution in [3.05, 3.63) is 34.8 Å². The fraction of sp³-hybridized carbons (Fsp3) is 0.444. The molecule has 0 saturated heterocycles. The lowest BCUT2D eigenvalue weighted by Gasteiger charge is -2.39. The molecule has 24 heavy (non-hydrogen) atoms. The number of carbonyl (C=O) groups excluding carboxylic acids is 1. The van der Waals surface area contributed by atoms with E-state index in [0.717, 1.165) is 5.56 Å². The Morgan fingerprint density at radius 3 is 2.96 bits per heavy atom. The second-order valence-electron chi connectivity index (χ2n) is 6.16. The van der Waals surface area contributed by atoms with Crippen LogP contribution in [0.4, 0.5) is 4.39 Å². The van der Waals surface area contributed by atoms with Crippen molar-refractivity contribution < 1.29 is 18.7 Å².